The van der Waals surface area contributed by atoms with Crippen LogP contribution in [0.2, 0.25) is 0 Å². The molecule has 1 aromatic rings. The second-order valence-corrected chi connectivity index (χ2v) is 5.30. The number of benzene rings is 1. The Hall–Kier alpha value is -3.03. The van der Waals surface area contributed by atoms with E-state index >= 15 is 0 Å². The molecule has 0 heterocycles. The van der Waals surface area contributed by atoms with Crippen molar-refractivity contribution in [3.8, 4) is 0 Å². The fourth-order valence-electron chi connectivity index (χ4n) is 2.27. The van der Waals surface area contributed by atoms with Gasteiger partial charge >= 0.3 is 11.9 Å². The molecular weight excluding hydrogens is 330 g/mol. The van der Waals surface area contributed by atoms with E-state index in [1.807, 2.05) is 0 Å². The smallest absolute Gasteiger partial charge is 0.320 e. The van der Waals surface area contributed by atoms with E-state index in [0.717, 1.165) is 14.2 Å². The van der Waals surface area contributed by atoms with Gasteiger partial charge in [0.25, 0.3) is 5.69 Å². The van der Waals surface area contributed by atoms with Gasteiger partial charge in [0.2, 0.25) is 0 Å². The molecule has 0 unspecified atom stereocenters. The van der Waals surface area contributed by atoms with Gasteiger partial charge in [0.05, 0.1) is 19.1 Å². The van der Waals surface area contributed by atoms with Crippen molar-refractivity contribution in [3.05, 3.63) is 46.0 Å². The van der Waals surface area contributed by atoms with Crippen LogP contribution in [0.1, 0.15) is 18.9 Å². The Kier molecular flexibility index (Phi) is 7.45. The van der Waals surface area contributed by atoms with Crippen LogP contribution < -0.4 is 0 Å². The first-order valence-corrected chi connectivity index (χ1v) is 7.38. The van der Waals surface area contributed by atoms with E-state index in [1.54, 1.807) is 6.08 Å². The van der Waals surface area contributed by atoms with Crippen LogP contribution >= 0.6 is 0 Å². The number of ether oxygens (including phenoxy) is 2. The van der Waals surface area contributed by atoms with Gasteiger partial charge in [0.1, 0.15) is 5.78 Å². The summed E-state index contributed by atoms with van der Waals surface area (Å²) < 4.78 is 9.26. The second-order valence-electron chi connectivity index (χ2n) is 5.30. The van der Waals surface area contributed by atoms with Gasteiger partial charge in [0, 0.05) is 24.5 Å². The first kappa shape index (κ1) is 20.0. The molecule has 25 heavy (non-hydrogen) atoms. The molecule has 0 radical (unpaired) electrons. The largest absolute Gasteiger partial charge is 0.468 e. The average molecular weight is 349 g/mol. The number of methoxy groups -OCH3 is 2. The van der Waals surface area contributed by atoms with Gasteiger partial charge in [-0.1, -0.05) is 12.2 Å². The summed E-state index contributed by atoms with van der Waals surface area (Å²) in [6.45, 7) is 1.35. The monoisotopic (exact) mass is 349 g/mol. The summed E-state index contributed by atoms with van der Waals surface area (Å²) in [4.78, 5) is 45.5. The second kappa shape index (κ2) is 9.31. The lowest BCUT2D eigenvalue weighted by molar-refractivity contribution is -0.384. The fourth-order valence-corrected chi connectivity index (χ4v) is 2.27. The molecule has 0 spiro atoms. The molecule has 8 nitrogen and oxygen atoms in total. The Morgan fingerprint density at radius 3 is 2.04 bits per heavy atom. The maximum absolute atomic E-state index is 11.9. The van der Waals surface area contributed by atoms with E-state index in [0.29, 0.717) is 5.56 Å². The molecule has 0 saturated carbocycles. The number of hydrogen-bond acceptors (Lipinski definition) is 7. The molecule has 0 fully saturated rings. The Balaban J connectivity index is 3.11. The van der Waals surface area contributed by atoms with E-state index in [1.165, 1.54) is 37.3 Å². The predicted molar refractivity (Wildman–Crippen MR) is 88.4 cm³/mol. The van der Waals surface area contributed by atoms with Crippen molar-refractivity contribution in [2.24, 2.45) is 11.8 Å². The Morgan fingerprint density at radius 1 is 1.12 bits per heavy atom. The first-order chi connectivity index (χ1) is 11.8. The number of Topliss-reactive ketones (excluding diaryl/α,β-unsaturated/α-hetero) is 1. The molecule has 0 aliphatic heterocycles. The summed E-state index contributed by atoms with van der Waals surface area (Å²) in [6, 6.07) is 5.70. The van der Waals surface area contributed by atoms with E-state index in [2.05, 4.69) is 9.47 Å². The SMILES string of the molecule is COC(=O)C(C(=O)OC)[C@@H](/C=C/c1ccc([N+](=O)[O-])cc1)CC(C)=O. The Bertz CT molecular complexity index is 663. The van der Waals surface area contributed by atoms with Gasteiger partial charge in [0.15, 0.2) is 5.92 Å². The highest BCUT2D eigenvalue weighted by Crippen LogP contribution is 2.23. The lowest BCUT2D eigenvalue weighted by atomic mass is 9.87. The molecule has 0 bridgehead atoms. The van der Waals surface area contributed by atoms with Gasteiger partial charge in [-0.15, -0.1) is 0 Å². The molecule has 0 aliphatic rings. The number of nitrogens with zero attached hydrogens (tertiary/aromatic N) is 1. The zero-order valence-electron chi connectivity index (χ0n) is 14.1. The third-order valence-corrected chi connectivity index (χ3v) is 3.50. The third-order valence-electron chi connectivity index (χ3n) is 3.50. The topological polar surface area (TPSA) is 113 Å². The summed E-state index contributed by atoms with van der Waals surface area (Å²) in [6.07, 6.45) is 3.05. The van der Waals surface area contributed by atoms with Gasteiger partial charge in [-0.2, -0.15) is 0 Å². The molecule has 0 saturated heterocycles. The number of ketones is 1. The summed E-state index contributed by atoms with van der Waals surface area (Å²) in [5.74, 6) is -3.84. The van der Waals surface area contributed by atoms with Crippen LogP contribution in [0.4, 0.5) is 5.69 Å². The van der Waals surface area contributed by atoms with Crippen molar-refractivity contribution >= 4 is 29.5 Å². The van der Waals surface area contributed by atoms with E-state index < -0.39 is 28.7 Å². The molecule has 0 aliphatic carbocycles. The van der Waals surface area contributed by atoms with E-state index in [9.17, 15) is 24.5 Å². The number of allylic oxidation sites excluding steroid dienone is 1. The minimum absolute atomic E-state index is 0.0561. The molecule has 8 heteroatoms. The van der Waals surface area contributed by atoms with Crippen LogP contribution in [-0.4, -0.2) is 36.9 Å². The van der Waals surface area contributed by atoms with Crippen molar-refractivity contribution in [1.82, 2.24) is 0 Å². The highest BCUT2D eigenvalue weighted by molar-refractivity contribution is 5.96. The maximum atomic E-state index is 11.9. The van der Waals surface area contributed by atoms with Gasteiger partial charge in [-0.3, -0.25) is 19.7 Å². The highest BCUT2D eigenvalue weighted by atomic mass is 16.6. The fraction of sp³-hybridized carbons (Fsp3) is 0.353. The van der Waals surface area contributed by atoms with Gasteiger partial charge in [-0.25, -0.2) is 0 Å². The third kappa shape index (κ3) is 5.83. The molecule has 1 atom stereocenters. The molecule has 134 valence electrons. The van der Waals surface area contributed by atoms with Crippen LogP contribution in [0.5, 0.6) is 0 Å². The van der Waals surface area contributed by atoms with Crippen molar-refractivity contribution in [2.45, 2.75) is 13.3 Å². The van der Waals surface area contributed by atoms with Crippen LogP contribution in [0.15, 0.2) is 30.3 Å². The van der Waals surface area contributed by atoms with Crippen LogP contribution in [0.25, 0.3) is 6.08 Å². The zero-order valence-corrected chi connectivity index (χ0v) is 14.1. The number of nitro benzene ring substituents is 1. The van der Waals surface area contributed by atoms with Gasteiger partial charge in [-0.05, 0) is 24.6 Å². The normalized spacial score (nSPS) is 12.0. The summed E-state index contributed by atoms with van der Waals surface area (Å²) in [7, 11) is 2.28. The number of nitro groups is 1. The number of rotatable bonds is 8. The summed E-state index contributed by atoms with van der Waals surface area (Å²) in [5, 5.41) is 10.7. The standard InChI is InChI=1S/C17H19NO7/c1-11(19)10-13(15(16(20)24-2)17(21)25-3)7-4-12-5-8-14(9-6-12)18(22)23/h4-9,13,15H,10H2,1-3H3/b7-4+/t13-/m0/s1. The lowest BCUT2D eigenvalue weighted by Crippen LogP contribution is -2.33. The van der Waals surface area contributed by atoms with Crippen molar-refractivity contribution in [2.75, 3.05) is 14.2 Å². The quantitative estimate of drug-likeness (QED) is 0.306. The zero-order chi connectivity index (χ0) is 19.0. The maximum Gasteiger partial charge on any atom is 0.320 e. The number of esters is 2. The molecule has 0 aromatic heterocycles. The van der Waals surface area contributed by atoms with Gasteiger partial charge < -0.3 is 14.3 Å². The lowest BCUT2D eigenvalue weighted by Gasteiger charge is -2.19. The number of carbonyl (C=O) groups excluding carboxylic acids is 3. The predicted octanol–water partition coefficient (Wildman–Crippen LogP) is 2.17. The minimum Gasteiger partial charge on any atom is -0.468 e. The summed E-state index contributed by atoms with van der Waals surface area (Å²) >= 11 is 0. The van der Waals surface area contributed by atoms with Crippen molar-refractivity contribution in [3.63, 3.8) is 0 Å². The molecule has 0 amide bonds. The number of carbonyl (C=O) groups is 3. The Morgan fingerprint density at radius 2 is 1.64 bits per heavy atom. The molecule has 1 aromatic carbocycles. The summed E-state index contributed by atoms with van der Waals surface area (Å²) in [5.41, 5.74) is 0.562. The van der Waals surface area contributed by atoms with Crippen molar-refractivity contribution in [1.29, 1.82) is 0 Å². The molecule has 1 rings (SSSR count). The molecular formula is C17H19NO7. The number of non-ortho nitro benzene ring substituents is 1. The van der Waals surface area contributed by atoms with E-state index in [4.69, 9.17) is 0 Å². The van der Waals surface area contributed by atoms with Crippen LogP contribution in [0.3, 0.4) is 0 Å². The molecule has 0 N–H and O–H groups in total. The van der Waals surface area contributed by atoms with Crippen LogP contribution in [-0.2, 0) is 23.9 Å². The van der Waals surface area contributed by atoms with E-state index in [-0.39, 0.29) is 17.9 Å². The average Bonchev–Trinajstić information content (AvgIpc) is 2.59. The first-order valence-electron chi connectivity index (χ1n) is 7.38. The highest BCUT2D eigenvalue weighted by Gasteiger charge is 2.36. The van der Waals surface area contributed by atoms with Crippen LogP contribution in [0, 0.1) is 22.0 Å². The Labute approximate surface area is 144 Å². The minimum atomic E-state index is -1.27. The van der Waals surface area contributed by atoms with Crippen molar-refractivity contribution < 1.29 is 28.8 Å². The number of hydrogen-bond donors (Lipinski definition) is 0.